The molecule has 4 amide bonds. The number of carbonyl (C=O) groups is 6. The Bertz CT molecular complexity index is 1210. The van der Waals surface area contributed by atoms with Crippen LogP contribution in [0.4, 0.5) is 0 Å². The fraction of sp³-hybridized carbons (Fsp3) is 0.391. The number of aliphatic carboxylic acids is 2. The van der Waals surface area contributed by atoms with Gasteiger partial charge in [0.15, 0.2) is 0 Å². The molecule has 0 radical (unpaired) electrons. The van der Waals surface area contributed by atoms with E-state index < -0.39 is 78.7 Å². The molecule has 15 heteroatoms. The summed E-state index contributed by atoms with van der Waals surface area (Å²) >= 11 is 0. The number of H-pyrrole nitrogens is 1. The first-order chi connectivity index (χ1) is 17.8. The lowest BCUT2D eigenvalue weighted by Gasteiger charge is -2.25. The maximum atomic E-state index is 13.2. The molecule has 0 saturated heterocycles. The molecule has 0 spiro atoms. The number of para-hydroxylation sites is 1. The number of amides is 4. The number of carboxylic acids is 2. The summed E-state index contributed by atoms with van der Waals surface area (Å²) in [5, 5.41) is 35.4. The van der Waals surface area contributed by atoms with E-state index in [2.05, 4.69) is 15.6 Å². The summed E-state index contributed by atoms with van der Waals surface area (Å²) in [6.07, 6.45) is -1.48. The molecule has 5 atom stereocenters. The third-order valence-corrected chi connectivity index (χ3v) is 5.59. The van der Waals surface area contributed by atoms with E-state index in [1.807, 2.05) is 5.32 Å². The van der Waals surface area contributed by atoms with Crippen LogP contribution in [0, 0.1) is 0 Å². The first-order valence-corrected chi connectivity index (χ1v) is 11.4. The number of fused-ring (bicyclic) bond motifs is 1. The van der Waals surface area contributed by atoms with Gasteiger partial charge in [-0.15, -0.1) is 0 Å². The maximum Gasteiger partial charge on any atom is 0.326 e. The van der Waals surface area contributed by atoms with Crippen LogP contribution in [-0.2, 0) is 35.2 Å². The zero-order valence-corrected chi connectivity index (χ0v) is 20.3. The Hall–Kier alpha value is -4.50. The van der Waals surface area contributed by atoms with Crippen molar-refractivity contribution in [1.29, 1.82) is 0 Å². The molecule has 1 heterocycles. The van der Waals surface area contributed by atoms with Gasteiger partial charge in [-0.1, -0.05) is 18.2 Å². The average molecular weight is 535 g/mol. The van der Waals surface area contributed by atoms with Crippen LogP contribution >= 0.6 is 0 Å². The minimum absolute atomic E-state index is 0.116. The summed E-state index contributed by atoms with van der Waals surface area (Å²) in [5.74, 6) is -7.20. The number of aliphatic hydroxyl groups is 1. The summed E-state index contributed by atoms with van der Waals surface area (Å²) in [6, 6.07) is 0.788. The quantitative estimate of drug-likeness (QED) is 0.121. The lowest BCUT2D eigenvalue weighted by molar-refractivity contribution is -0.144. The number of primary amides is 1. The molecule has 2 aromatic rings. The highest BCUT2D eigenvalue weighted by atomic mass is 16.4. The van der Waals surface area contributed by atoms with Crippen LogP contribution in [-0.4, -0.2) is 86.1 Å². The zero-order chi connectivity index (χ0) is 28.6. The molecular weight excluding hydrogens is 504 g/mol. The highest BCUT2D eigenvalue weighted by Gasteiger charge is 2.33. The fourth-order valence-corrected chi connectivity index (χ4v) is 3.55. The van der Waals surface area contributed by atoms with Gasteiger partial charge in [0.05, 0.1) is 18.9 Å². The van der Waals surface area contributed by atoms with Crippen LogP contribution in [0.15, 0.2) is 30.5 Å². The summed E-state index contributed by atoms with van der Waals surface area (Å²) < 4.78 is 0. The lowest BCUT2D eigenvalue weighted by Crippen LogP contribution is -2.59. The zero-order valence-electron chi connectivity index (χ0n) is 20.3. The van der Waals surface area contributed by atoms with Crippen molar-refractivity contribution in [2.24, 2.45) is 11.5 Å². The van der Waals surface area contributed by atoms with Crippen molar-refractivity contribution < 1.29 is 44.1 Å². The number of aromatic nitrogens is 1. The minimum Gasteiger partial charge on any atom is -0.481 e. The van der Waals surface area contributed by atoms with Gasteiger partial charge >= 0.3 is 11.9 Å². The van der Waals surface area contributed by atoms with Crippen LogP contribution < -0.4 is 27.4 Å². The van der Waals surface area contributed by atoms with Gasteiger partial charge < -0.3 is 47.7 Å². The molecule has 1 aromatic carbocycles. The normalized spacial score (nSPS) is 14.9. The van der Waals surface area contributed by atoms with Gasteiger partial charge in [-0.25, -0.2) is 4.79 Å². The van der Waals surface area contributed by atoms with E-state index in [1.165, 1.54) is 6.92 Å². The largest absolute Gasteiger partial charge is 0.481 e. The molecule has 0 aliphatic heterocycles. The maximum absolute atomic E-state index is 13.2. The third kappa shape index (κ3) is 8.28. The molecule has 2 rings (SSSR count). The van der Waals surface area contributed by atoms with E-state index in [-0.39, 0.29) is 6.42 Å². The van der Waals surface area contributed by atoms with E-state index in [4.69, 9.17) is 11.5 Å². The molecule has 0 fully saturated rings. The Morgan fingerprint density at radius 1 is 0.895 bits per heavy atom. The van der Waals surface area contributed by atoms with Crippen molar-refractivity contribution in [1.82, 2.24) is 20.9 Å². The Balaban J connectivity index is 2.32. The van der Waals surface area contributed by atoms with Gasteiger partial charge in [0.25, 0.3) is 0 Å². The topological polar surface area (TPSA) is 267 Å². The van der Waals surface area contributed by atoms with Gasteiger partial charge in [-0.3, -0.25) is 24.0 Å². The number of aliphatic hydroxyl groups excluding tert-OH is 1. The minimum atomic E-state index is -1.78. The third-order valence-electron chi connectivity index (χ3n) is 5.59. The van der Waals surface area contributed by atoms with E-state index in [9.17, 15) is 44.1 Å². The van der Waals surface area contributed by atoms with Crippen molar-refractivity contribution in [3.8, 4) is 0 Å². The highest BCUT2D eigenvalue weighted by Crippen LogP contribution is 2.19. The number of carboxylic acid groups (broad SMARTS) is 2. The van der Waals surface area contributed by atoms with Crippen LogP contribution in [0.2, 0.25) is 0 Å². The summed E-state index contributed by atoms with van der Waals surface area (Å²) in [5.41, 5.74) is 12.0. The van der Waals surface area contributed by atoms with Gasteiger partial charge in [-0.2, -0.15) is 0 Å². The summed E-state index contributed by atoms with van der Waals surface area (Å²) in [7, 11) is 0. The average Bonchev–Trinajstić information content (AvgIpc) is 3.24. The van der Waals surface area contributed by atoms with Crippen LogP contribution in [0.25, 0.3) is 10.9 Å². The Morgan fingerprint density at radius 2 is 1.47 bits per heavy atom. The van der Waals surface area contributed by atoms with Crippen molar-refractivity contribution in [2.75, 3.05) is 0 Å². The van der Waals surface area contributed by atoms with Crippen LogP contribution in [0.3, 0.4) is 0 Å². The molecule has 15 nitrogen and oxygen atoms in total. The number of hydrogen-bond donors (Lipinski definition) is 9. The monoisotopic (exact) mass is 534 g/mol. The van der Waals surface area contributed by atoms with Crippen LogP contribution in [0.1, 0.15) is 25.3 Å². The predicted octanol–water partition coefficient (Wildman–Crippen LogP) is -2.69. The molecule has 11 N–H and O–H groups in total. The highest BCUT2D eigenvalue weighted by molar-refractivity contribution is 5.97. The molecule has 0 aliphatic carbocycles. The second-order valence-corrected chi connectivity index (χ2v) is 8.62. The van der Waals surface area contributed by atoms with Crippen molar-refractivity contribution in [3.63, 3.8) is 0 Å². The van der Waals surface area contributed by atoms with Gasteiger partial charge in [0.1, 0.15) is 24.2 Å². The molecule has 1 aromatic heterocycles. The smallest absolute Gasteiger partial charge is 0.326 e. The molecule has 5 unspecified atom stereocenters. The van der Waals surface area contributed by atoms with Crippen LogP contribution in [0.5, 0.6) is 0 Å². The predicted molar refractivity (Wildman–Crippen MR) is 131 cm³/mol. The number of carbonyl (C=O) groups excluding carboxylic acids is 4. The van der Waals surface area contributed by atoms with Gasteiger partial charge in [0, 0.05) is 23.5 Å². The number of benzene rings is 1. The Labute approximate surface area is 215 Å². The Morgan fingerprint density at radius 3 is 2.05 bits per heavy atom. The molecule has 0 aliphatic rings. The first-order valence-electron chi connectivity index (χ1n) is 11.4. The summed E-state index contributed by atoms with van der Waals surface area (Å²) in [4.78, 5) is 75.3. The van der Waals surface area contributed by atoms with Crippen molar-refractivity contribution >= 4 is 46.5 Å². The van der Waals surface area contributed by atoms with E-state index >= 15 is 0 Å². The standard InChI is InChI=1S/C23H30N6O9/c1-10(30)19(25)22(36)28-14(6-11-9-26-13-5-3-2-4-12(11)13)20(34)27-15(8-18(32)33)21(35)29-16(23(37)38)7-17(24)31/h2-5,9-10,14-16,19,26,30H,6-8,25H2,1H3,(H2,24,31)(H,27,34)(H,28,36)(H,29,35)(H,32,33)(H,37,38). The number of nitrogens with two attached hydrogens (primary N) is 2. The number of rotatable bonds is 14. The van der Waals surface area contributed by atoms with E-state index in [1.54, 1.807) is 30.5 Å². The van der Waals surface area contributed by atoms with Crippen molar-refractivity contribution in [2.45, 2.75) is 56.5 Å². The van der Waals surface area contributed by atoms with E-state index in [0.717, 1.165) is 10.9 Å². The van der Waals surface area contributed by atoms with Gasteiger partial charge in [0.2, 0.25) is 23.6 Å². The first kappa shape index (κ1) is 29.7. The SMILES string of the molecule is CC(O)C(N)C(=O)NC(Cc1c[nH]c2ccccc12)C(=O)NC(CC(=O)O)C(=O)NC(CC(N)=O)C(=O)O. The van der Waals surface area contributed by atoms with Gasteiger partial charge in [-0.05, 0) is 18.6 Å². The molecule has 0 saturated carbocycles. The van der Waals surface area contributed by atoms with E-state index in [0.29, 0.717) is 5.56 Å². The molecule has 0 bridgehead atoms. The fourth-order valence-electron chi connectivity index (χ4n) is 3.55. The Kier molecular flexibility index (Phi) is 10.3. The second kappa shape index (κ2) is 13.2. The number of nitrogens with one attached hydrogen (secondary N) is 4. The summed E-state index contributed by atoms with van der Waals surface area (Å²) in [6.45, 7) is 1.27. The second-order valence-electron chi connectivity index (χ2n) is 8.62. The number of aromatic amines is 1. The molecule has 38 heavy (non-hydrogen) atoms. The van der Waals surface area contributed by atoms with Crippen molar-refractivity contribution in [3.05, 3.63) is 36.0 Å². The number of hydrogen-bond acceptors (Lipinski definition) is 8. The molecular formula is C23H30N6O9. The molecule has 206 valence electrons. The lowest BCUT2D eigenvalue weighted by atomic mass is 10.0.